The highest BCUT2D eigenvalue weighted by molar-refractivity contribution is 5.51. The van der Waals surface area contributed by atoms with Gasteiger partial charge in [0.1, 0.15) is 5.60 Å². The lowest BCUT2D eigenvalue weighted by molar-refractivity contribution is -0.211. The number of hydrogen-bond donors (Lipinski definition) is 1. The Morgan fingerprint density at radius 2 is 0.921 bits per heavy atom. The largest absolute Gasteiger partial charge is 0.377 e. The van der Waals surface area contributed by atoms with Crippen LogP contribution in [0.1, 0.15) is 46.4 Å². The zero-order valence-electron chi connectivity index (χ0n) is 21.1. The Balaban J connectivity index is 1.44. The van der Waals surface area contributed by atoms with E-state index in [-0.39, 0.29) is 41.4 Å². The van der Waals surface area contributed by atoms with Crippen molar-refractivity contribution in [3.8, 4) is 12.3 Å². The Hall–Kier alpha value is -3.68. The predicted molar refractivity (Wildman–Crippen MR) is 148 cm³/mol. The van der Waals surface area contributed by atoms with Gasteiger partial charge in [-0.15, -0.1) is 6.42 Å². The van der Waals surface area contributed by atoms with E-state index in [1.54, 1.807) is 0 Å². The van der Waals surface area contributed by atoms with Gasteiger partial charge in [0.05, 0.1) is 6.67 Å². The van der Waals surface area contributed by atoms with Crippen LogP contribution in [-0.4, -0.2) is 27.2 Å². The molecule has 4 aromatic carbocycles. The molecule has 1 aliphatic carbocycles. The van der Waals surface area contributed by atoms with Crippen molar-refractivity contribution in [3.05, 3.63) is 144 Å². The molecule has 1 spiro atoms. The van der Waals surface area contributed by atoms with E-state index in [2.05, 4.69) is 137 Å². The van der Waals surface area contributed by atoms with Gasteiger partial charge >= 0.3 is 0 Å². The van der Waals surface area contributed by atoms with Crippen molar-refractivity contribution >= 4 is 0 Å². The van der Waals surface area contributed by atoms with Crippen LogP contribution in [0.25, 0.3) is 0 Å². The lowest BCUT2D eigenvalue weighted by Gasteiger charge is -2.63. The van der Waals surface area contributed by atoms with Crippen LogP contribution < -0.4 is 0 Å². The number of rotatable bonds is 4. The molecule has 186 valence electrons. The van der Waals surface area contributed by atoms with Crippen molar-refractivity contribution in [1.29, 1.82) is 0 Å². The maximum atomic E-state index is 12.6. The maximum Gasteiger partial charge on any atom is 0.135 e. The standard InChI is InChI=1S/C35H30N2O/c1-2-34(38)30-28(24-15-7-3-8-16-24)36-23-37-29(25-17-9-4-10-18-25)31(34)35(30,32(36)26-19-11-5-12-20-26)33(37)27-21-13-6-14-22-27/h1,3-22,28-33,38H,23H2/t28-,29-,30-,31+,32-,33-,34?,35?/m0/s1. The van der Waals surface area contributed by atoms with Crippen LogP contribution in [0.2, 0.25) is 0 Å². The molecule has 3 nitrogen and oxygen atoms in total. The fourth-order valence-corrected chi connectivity index (χ4v) is 9.20. The molecule has 1 saturated carbocycles. The molecule has 1 N–H and O–H groups in total. The molecule has 0 aromatic heterocycles. The zero-order chi connectivity index (χ0) is 25.5. The summed E-state index contributed by atoms with van der Waals surface area (Å²) in [5, 5.41) is 12.6. The average Bonchev–Trinajstić information content (AvgIpc) is 3.30. The summed E-state index contributed by atoms with van der Waals surface area (Å²) >= 11 is 0. The Morgan fingerprint density at radius 1 is 0.579 bits per heavy atom. The highest BCUT2D eigenvalue weighted by atomic mass is 16.3. The van der Waals surface area contributed by atoms with Crippen molar-refractivity contribution in [3.63, 3.8) is 0 Å². The molecule has 10 atom stereocenters. The first-order valence-electron chi connectivity index (χ1n) is 13.6. The molecular weight excluding hydrogens is 464 g/mol. The predicted octanol–water partition coefficient (Wildman–Crippen LogP) is 6.15. The SMILES string of the molecule is C#CC1(O)[C@H]2[C@H](c3ccccc3)N3CN4[C@@H](c5ccccc5)C2([C@@H]3c2ccccc2)[C@H]1[C@@H]4c1ccccc1. The Bertz CT molecular complexity index is 1410. The normalized spacial score (nSPS) is 39.8. The number of aliphatic hydroxyl groups is 1. The van der Waals surface area contributed by atoms with Crippen molar-refractivity contribution in [2.24, 2.45) is 17.3 Å². The van der Waals surface area contributed by atoms with Gasteiger partial charge < -0.3 is 5.11 Å². The number of hydrogen-bond acceptors (Lipinski definition) is 3. The molecule has 3 saturated heterocycles. The monoisotopic (exact) mass is 494 g/mol. The summed E-state index contributed by atoms with van der Waals surface area (Å²) in [5.41, 5.74) is 3.63. The second-order valence-corrected chi connectivity index (χ2v) is 11.4. The highest BCUT2D eigenvalue weighted by Crippen LogP contribution is 2.87. The molecule has 4 unspecified atom stereocenters. The Morgan fingerprint density at radius 3 is 1.26 bits per heavy atom. The van der Waals surface area contributed by atoms with E-state index >= 15 is 0 Å². The molecule has 0 amide bonds. The second-order valence-electron chi connectivity index (χ2n) is 11.4. The third-order valence-electron chi connectivity index (χ3n) is 10.1. The lowest BCUT2D eigenvalue weighted by Crippen LogP contribution is -2.69. The summed E-state index contributed by atoms with van der Waals surface area (Å²) in [6.45, 7) is 0.813. The van der Waals surface area contributed by atoms with Crippen molar-refractivity contribution < 1.29 is 5.11 Å². The number of benzene rings is 4. The van der Waals surface area contributed by atoms with Crippen molar-refractivity contribution in [2.75, 3.05) is 6.67 Å². The quantitative estimate of drug-likeness (QED) is 0.345. The first-order chi connectivity index (χ1) is 18.7. The van der Waals surface area contributed by atoms with Gasteiger partial charge in [0.2, 0.25) is 0 Å². The molecule has 4 aromatic rings. The van der Waals surface area contributed by atoms with Crippen LogP contribution in [0, 0.1) is 29.6 Å². The van der Waals surface area contributed by atoms with E-state index in [0.29, 0.717) is 0 Å². The summed E-state index contributed by atoms with van der Waals surface area (Å²) in [4.78, 5) is 5.31. The third kappa shape index (κ3) is 2.56. The number of nitrogens with zero attached hydrogens (tertiary/aromatic N) is 2. The topological polar surface area (TPSA) is 26.7 Å². The Labute approximate surface area is 224 Å². The van der Waals surface area contributed by atoms with Crippen LogP contribution in [0.5, 0.6) is 0 Å². The molecule has 3 bridgehead atoms. The first-order valence-corrected chi connectivity index (χ1v) is 13.6. The van der Waals surface area contributed by atoms with Gasteiger partial charge in [-0.25, -0.2) is 0 Å². The van der Waals surface area contributed by atoms with Gasteiger partial charge in [-0.1, -0.05) is 127 Å². The minimum absolute atomic E-state index is 0.0339. The van der Waals surface area contributed by atoms with E-state index in [0.717, 1.165) is 6.67 Å². The van der Waals surface area contributed by atoms with Gasteiger partial charge in [-0.3, -0.25) is 9.80 Å². The second kappa shape index (κ2) is 7.91. The Kier molecular flexibility index (Phi) is 4.65. The van der Waals surface area contributed by atoms with Gasteiger partial charge in [0, 0.05) is 41.4 Å². The average molecular weight is 495 g/mol. The smallest absolute Gasteiger partial charge is 0.135 e. The van der Waals surface area contributed by atoms with Crippen molar-refractivity contribution in [2.45, 2.75) is 29.8 Å². The minimum atomic E-state index is -1.22. The third-order valence-corrected chi connectivity index (χ3v) is 10.1. The van der Waals surface area contributed by atoms with E-state index in [9.17, 15) is 5.11 Å². The van der Waals surface area contributed by atoms with Crippen LogP contribution in [0.3, 0.4) is 0 Å². The maximum absolute atomic E-state index is 12.6. The van der Waals surface area contributed by atoms with Gasteiger partial charge in [-0.2, -0.15) is 0 Å². The fraction of sp³-hybridized carbons (Fsp3) is 0.257. The molecule has 3 heterocycles. The summed E-state index contributed by atoms with van der Waals surface area (Å²) in [7, 11) is 0. The van der Waals surface area contributed by atoms with E-state index in [1.165, 1.54) is 22.3 Å². The molecule has 3 aliphatic heterocycles. The highest BCUT2D eigenvalue weighted by Gasteiger charge is 2.89. The molecule has 4 aliphatic rings. The summed E-state index contributed by atoms with van der Waals surface area (Å²) in [5.74, 6) is 2.81. The van der Waals surface area contributed by atoms with Gasteiger partial charge in [0.25, 0.3) is 0 Å². The van der Waals surface area contributed by atoms with Gasteiger partial charge in [-0.05, 0) is 22.3 Å². The molecule has 4 fully saturated rings. The molecule has 8 rings (SSSR count). The lowest BCUT2D eigenvalue weighted by atomic mass is 9.39. The van der Waals surface area contributed by atoms with Crippen LogP contribution >= 0.6 is 0 Å². The molecule has 3 heteroatoms. The van der Waals surface area contributed by atoms with Crippen molar-refractivity contribution in [1.82, 2.24) is 9.80 Å². The summed E-state index contributed by atoms with van der Waals surface area (Å²) in [6, 6.07) is 43.7. The number of fused-ring (bicyclic) bond motifs is 2. The zero-order valence-corrected chi connectivity index (χ0v) is 21.1. The van der Waals surface area contributed by atoms with E-state index < -0.39 is 5.60 Å². The number of terminal acetylenes is 1. The fourth-order valence-electron chi connectivity index (χ4n) is 9.20. The van der Waals surface area contributed by atoms with Crippen LogP contribution in [0.4, 0.5) is 0 Å². The van der Waals surface area contributed by atoms with E-state index in [1.807, 2.05) is 0 Å². The molecule has 38 heavy (non-hydrogen) atoms. The minimum Gasteiger partial charge on any atom is -0.377 e. The summed E-state index contributed by atoms with van der Waals surface area (Å²) in [6.07, 6.45) is 6.35. The van der Waals surface area contributed by atoms with E-state index in [4.69, 9.17) is 6.42 Å². The molecular formula is C35H30N2O. The van der Waals surface area contributed by atoms with Crippen LogP contribution in [-0.2, 0) is 0 Å². The molecule has 0 radical (unpaired) electrons. The van der Waals surface area contributed by atoms with Crippen LogP contribution in [0.15, 0.2) is 121 Å². The summed E-state index contributed by atoms with van der Waals surface area (Å²) < 4.78 is 0. The van der Waals surface area contributed by atoms with Gasteiger partial charge in [0.15, 0.2) is 0 Å². The first kappa shape index (κ1) is 22.3.